The molecular formula is C17H16N4O2S3. The molecule has 1 fully saturated rings. The van der Waals surface area contributed by atoms with Crippen LogP contribution in [0, 0.1) is 6.92 Å². The molecule has 6 nitrogen and oxygen atoms in total. The fourth-order valence-corrected chi connectivity index (χ4v) is 5.71. The van der Waals surface area contributed by atoms with Crippen LogP contribution in [0.15, 0.2) is 30.2 Å². The Kier molecular flexibility index (Phi) is 4.34. The van der Waals surface area contributed by atoms with Gasteiger partial charge < -0.3 is 23.2 Å². The van der Waals surface area contributed by atoms with Crippen molar-refractivity contribution in [1.29, 1.82) is 0 Å². The van der Waals surface area contributed by atoms with Crippen LogP contribution in [-0.4, -0.2) is 38.1 Å². The first-order valence-electron chi connectivity index (χ1n) is 7.96. The summed E-state index contributed by atoms with van der Waals surface area (Å²) in [7, 11) is 1.96. The van der Waals surface area contributed by atoms with Gasteiger partial charge in [-0.2, -0.15) is 0 Å². The number of aromatic nitrogens is 2. The summed E-state index contributed by atoms with van der Waals surface area (Å²) in [6.07, 6.45) is 3.93. The predicted octanol–water partition coefficient (Wildman–Crippen LogP) is 0.970. The van der Waals surface area contributed by atoms with Crippen LogP contribution in [0.4, 0.5) is 0 Å². The molecule has 2 aliphatic heterocycles. The Morgan fingerprint density at radius 2 is 2.12 bits per heavy atom. The molecule has 1 amide bonds. The quantitative estimate of drug-likeness (QED) is 0.467. The molecule has 4 heterocycles. The Bertz CT molecular complexity index is 951. The van der Waals surface area contributed by atoms with Crippen molar-refractivity contribution in [3.8, 4) is 11.3 Å². The van der Waals surface area contributed by atoms with Gasteiger partial charge in [0.25, 0.3) is 0 Å². The Labute approximate surface area is 164 Å². The van der Waals surface area contributed by atoms with E-state index in [1.165, 1.54) is 16.2 Å². The number of fused-ring (bicyclic) bond motifs is 1. The minimum absolute atomic E-state index is 0.206. The van der Waals surface area contributed by atoms with Crippen LogP contribution in [-0.2, 0) is 29.3 Å². The third-order valence-electron chi connectivity index (χ3n) is 4.51. The number of nitrogens with zero attached hydrogens (tertiary/aromatic N) is 3. The summed E-state index contributed by atoms with van der Waals surface area (Å²) in [6, 6.07) is 3.44. The van der Waals surface area contributed by atoms with Crippen LogP contribution < -0.4 is 10.3 Å². The minimum atomic E-state index is -0.565. The number of β-lactam (4-membered cyclic amide) rings is 1. The summed E-state index contributed by atoms with van der Waals surface area (Å²) >= 11 is 7.97. The van der Waals surface area contributed by atoms with Crippen molar-refractivity contribution >= 4 is 52.3 Å². The zero-order valence-corrected chi connectivity index (χ0v) is 16.6. The van der Waals surface area contributed by atoms with E-state index < -0.39 is 11.2 Å². The summed E-state index contributed by atoms with van der Waals surface area (Å²) in [4.78, 5) is 31.5. The predicted molar refractivity (Wildman–Crippen MR) is 104 cm³/mol. The van der Waals surface area contributed by atoms with Crippen molar-refractivity contribution in [2.75, 3.05) is 5.75 Å². The average molecular weight is 405 g/mol. The molecule has 2 aromatic rings. The number of amides is 1. The molecule has 2 aliphatic rings. The lowest BCUT2D eigenvalue weighted by Crippen LogP contribution is -2.68. The highest BCUT2D eigenvalue weighted by Gasteiger charge is 2.50. The molecule has 0 saturated carbocycles. The molecule has 9 heteroatoms. The number of hydrogen-bond acceptors (Lipinski definition) is 7. The lowest BCUT2D eigenvalue weighted by atomic mass is 10.0. The Morgan fingerprint density at radius 1 is 1.42 bits per heavy atom. The molecule has 2 N–H and O–H groups in total. The van der Waals surface area contributed by atoms with E-state index in [1.54, 1.807) is 11.8 Å². The number of rotatable bonds is 3. The van der Waals surface area contributed by atoms with Crippen molar-refractivity contribution in [1.82, 2.24) is 9.88 Å². The monoisotopic (exact) mass is 404 g/mol. The van der Waals surface area contributed by atoms with Gasteiger partial charge in [0.15, 0.2) is 12.4 Å². The van der Waals surface area contributed by atoms with Crippen molar-refractivity contribution in [3.63, 3.8) is 0 Å². The third kappa shape index (κ3) is 2.66. The van der Waals surface area contributed by atoms with Gasteiger partial charge in [0.2, 0.25) is 5.91 Å². The van der Waals surface area contributed by atoms with E-state index in [9.17, 15) is 9.59 Å². The molecule has 1 saturated heterocycles. The molecule has 0 unspecified atom stereocenters. The van der Waals surface area contributed by atoms with Gasteiger partial charge in [0, 0.05) is 33.9 Å². The summed E-state index contributed by atoms with van der Waals surface area (Å²) in [5.41, 5.74) is 8.74. The second-order valence-electron chi connectivity index (χ2n) is 6.23. The number of carbonyl (C=O) groups excluding carboxylic acids is 2. The van der Waals surface area contributed by atoms with Crippen molar-refractivity contribution in [2.24, 2.45) is 12.8 Å². The summed E-state index contributed by atoms with van der Waals surface area (Å²) in [5, 5.41) is -0.00681. The van der Waals surface area contributed by atoms with Crippen LogP contribution in [0.5, 0.6) is 0 Å². The van der Waals surface area contributed by atoms with Gasteiger partial charge in [0.1, 0.15) is 23.5 Å². The molecule has 2 aromatic heterocycles. The molecule has 0 aliphatic carbocycles. The van der Waals surface area contributed by atoms with Crippen LogP contribution in [0.2, 0.25) is 0 Å². The van der Waals surface area contributed by atoms with E-state index in [0.29, 0.717) is 5.75 Å². The van der Waals surface area contributed by atoms with Crippen LogP contribution in [0.25, 0.3) is 16.8 Å². The first-order valence-corrected chi connectivity index (χ1v) is 10.2. The van der Waals surface area contributed by atoms with Crippen LogP contribution in [0.1, 0.15) is 9.88 Å². The fraction of sp³-hybridized carbons (Fsp3) is 0.294. The van der Waals surface area contributed by atoms with Gasteiger partial charge in [0.05, 0.1) is 16.5 Å². The highest BCUT2D eigenvalue weighted by atomic mass is 32.2. The number of pyridine rings is 1. The molecule has 26 heavy (non-hydrogen) atoms. The maximum atomic E-state index is 12.1. The SMILES string of the molecule is Cc1sc(C2=C(C(=O)[S-])N3C(=O)[C@@H](N)[C@H]3SC2)nc1-c1cc[n+](C)cc1. The van der Waals surface area contributed by atoms with Gasteiger partial charge in [-0.25, -0.2) is 9.55 Å². The first-order chi connectivity index (χ1) is 12.4. The topological polar surface area (TPSA) is 80.2 Å². The van der Waals surface area contributed by atoms with Crippen molar-refractivity contribution < 1.29 is 14.2 Å². The van der Waals surface area contributed by atoms with E-state index in [0.717, 1.165) is 26.7 Å². The van der Waals surface area contributed by atoms with Gasteiger partial charge in [-0.1, -0.05) is 0 Å². The highest BCUT2D eigenvalue weighted by Crippen LogP contribution is 2.44. The average Bonchev–Trinajstić information content (AvgIpc) is 3.01. The smallest absolute Gasteiger partial charge is 0.248 e. The summed E-state index contributed by atoms with van der Waals surface area (Å²) in [5.74, 6) is 0.313. The van der Waals surface area contributed by atoms with E-state index in [1.807, 2.05) is 43.1 Å². The first kappa shape index (κ1) is 17.6. The van der Waals surface area contributed by atoms with Gasteiger partial charge in [-0.05, 0) is 6.92 Å². The number of aryl methyl sites for hydroxylation is 2. The van der Waals surface area contributed by atoms with E-state index in [2.05, 4.69) is 0 Å². The second kappa shape index (κ2) is 6.41. The summed E-state index contributed by atoms with van der Waals surface area (Å²) < 4.78 is 1.96. The Hall–Kier alpha value is -1.81. The molecule has 0 spiro atoms. The van der Waals surface area contributed by atoms with Crippen molar-refractivity contribution in [2.45, 2.75) is 18.3 Å². The van der Waals surface area contributed by atoms with Crippen molar-refractivity contribution in [3.05, 3.63) is 40.1 Å². The molecule has 0 bridgehead atoms. The fourth-order valence-electron chi connectivity index (χ4n) is 3.12. The summed E-state index contributed by atoms with van der Waals surface area (Å²) in [6.45, 7) is 2.00. The minimum Gasteiger partial charge on any atom is -0.735 e. The van der Waals surface area contributed by atoms with E-state index >= 15 is 0 Å². The maximum Gasteiger partial charge on any atom is 0.248 e. The number of carbonyl (C=O) groups is 2. The lowest BCUT2D eigenvalue weighted by Gasteiger charge is -2.49. The maximum absolute atomic E-state index is 12.1. The largest absolute Gasteiger partial charge is 0.735 e. The molecule has 0 radical (unpaired) electrons. The van der Waals surface area contributed by atoms with Gasteiger partial charge in [-0.3, -0.25) is 9.69 Å². The Balaban J connectivity index is 1.79. The molecule has 134 valence electrons. The standard InChI is InChI=1S/C17H16N4O2S3/c1-8-12(9-3-5-20(2)6-4-9)19-14(26-8)10-7-25-16-11(18)15(22)21(16)13(10)17(23)24/h3-6,11,16H,7,18H2,1-2H3/t11-,16-/m1/s1. The number of nitrogens with two attached hydrogens (primary N) is 1. The highest BCUT2D eigenvalue weighted by molar-refractivity contribution is 8.00. The third-order valence-corrected chi connectivity index (χ3v) is 7.03. The molecule has 2 atom stereocenters. The normalized spacial score (nSPS) is 22.3. The molecule has 4 rings (SSSR count). The number of thiazole rings is 1. The van der Waals surface area contributed by atoms with Crippen LogP contribution in [0.3, 0.4) is 0 Å². The van der Waals surface area contributed by atoms with Crippen LogP contribution >= 0.6 is 23.1 Å². The number of hydrogen-bond donors (Lipinski definition) is 1. The molecule has 0 aromatic carbocycles. The zero-order valence-electron chi connectivity index (χ0n) is 14.1. The second-order valence-corrected chi connectivity index (χ2v) is 8.91. The van der Waals surface area contributed by atoms with E-state index in [-0.39, 0.29) is 17.0 Å². The lowest BCUT2D eigenvalue weighted by molar-refractivity contribution is -0.671. The van der Waals surface area contributed by atoms with Gasteiger partial charge in [-0.15, -0.1) is 23.1 Å². The van der Waals surface area contributed by atoms with E-state index in [4.69, 9.17) is 23.3 Å². The van der Waals surface area contributed by atoms with Gasteiger partial charge >= 0.3 is 0 Å². The molecular weight excluding hydrogens is 388 g/mol. The Morgan fingerprint density at radius 3 is 2.77 bits per heavy atom. The number of thioether (sulfide) groups is 1. The zero-order chi connectivity index (χ0) is 18.6.